The van der Waals surface area contributed by atoms with Crippen LogP contribution in [0.25, 0.3) is 0 Å². The average Bonchev–Trinajstić information content (AvgIpc) is 2.68. The van der Waals surface area contributed by atoms with Crippen LogP contribution in [0.1, 0.15) is 6.42 Å². The number of hydrogen-bond donors (Lipinski definition) is 1. The smallest absolute Gasteiger partial charge is 0.225 e. The van der Waals surface area contributed by atoms with Crippen molar-refractivity contribution >= 4 is 28.9 Å². The van der Waals surface area contributed by atoms with Crippen molar-refractivity contribution in [2.24, 2.45) is 0 Å². The summed E-state index contributed by atoms with van der Waals surface area (Å²) in [7, 11) is 1.60. The van der Waals surface area contributed by atoms with Gasteiger partial charge >= 0.3 is 0 Å². The van der Waals surface area contributed by atoms with Crippen LogP contribution in [0.2, 0.25) is 5.02 Å². The number of hydrogen-bond acceptors (Lipinski definition) is 4. The molecule has 6 heteroatoms. The lowest BCUT2D eigenvalue weighted by molar-refractivity contribution is -0.116. The third-order valence-corrected chi connectivity index (χ3v) is 4.85. The van der Waals surface area contributed by atoms with E-state index in [9.17, 15) is 4.79 Å². The van der Waals surface area contributed by atoms with E-state index in [0.29, 0.717) is 17.9 Å². The molecule has 3 rings (SSSR count). The molecule has 0 spiro atoms. The summed E-state index contributed by atoms with van der Waals surface area (Å²) < 4.78 is 5.26. The maximum absolute atomic E-state index is 12.2. The Labute approximate surface area is 159 Å². The van der Waals surface area contributed by atoms with E-state index in [1.165, 1.54) is 5.69 Å². The molecule has 1 saturated heterocycles. The van der Waals surface area contributed by atoms with Crippen molar-refractivity contribution in [3.8, 4) is 5.75 Å². The van der Waals surface area contributed by atoms with Crippen LogP contribution in [0.15, 0.2) is 48.5 Å². The summed E-state index contributed by atoms with van der Waals surface area (Å²) in [6.45, 7) is 4.57. The van der Waals surface area contributed by atoms with E-state index >= 15 is 0 Å². The molecule has 1 amide bonds. The Bertz CT molecular complexity index is 728. The van der Waals surface area contributed by atoms with Crippen LogP contribution >= 0.6 is 11.6 Å². The van der Waals surface area contributed by atoms with Crippen LogP contribution < -0.4 is 15.0 Å². The number of halogens is 1. The first-order chi connectivity index (χ1) is 12.7. The average molecular weight is 374 g/mol. The number of carbonyl (C=O) groups is 1. The summed E-state index contributed by atoms with van der Waals surface area (Å²) in [5, 5.41) is 3.69. The predicted octanol–water partition coefficient (Wildman–Crippen LogP) is 3.50. The van der Waals surface area contributed by atoms with Gasteiger partial charge in [0, 0.05) is 49.9 Å². The van der Waals surface area contributed by atoms with Gasteiger partial charge < -0.3 is 15.0 Å². The summed E-state index contributed by atoms with van der Waals surface area (Å²) in [5.74, 6) is 0.687. The lowest BCUT2D eigenvalue weighted by Crippen LogP contribution is -2.47. The molecule has 1 heterocycles. The Morgan fingerprint density at radius 3 is 2.46 bits per heavy atom. The van der Waals surface area contributed by atoms with Crippen molar-refractivity contribution in [2.75, 3.05) is 50.1 Å². The van der Waals surface area contributed by atoms with E-state index in [1.54, 1.807) is 7.11 Å². The number of ether oxygens (including phenoxy) is 1. The summed E-state index contributed by atoms with van der Waals surface area (Å²) in [6, 6.07) is 15.4. The van der Waals surface area contributed by atoms with Crippen molar-refractivity contribution in [1.82, 2.24) is 4.90 Å². The fourth-order valence-electron chi connectivity index (χ4n) is 3.10. The molecule has 138 valence electrons. The van der Waals surface area contributed by atoms with Gasteiger partial charge in [0.25, 0.3) is 0 Å². The second-order valence-electron chi connectivity index (χ2n) is 6.30. The standard InChI is InChI=1S/C20H24ClN3O2/c1-26-19-5-3-2-4-18(19)22-20(25)10-11-23-12-14-24(15-13-23)17-8-6-16(21)7-9-17/h2-9H,10-15H2,1H3,(H,22,25). The van der Waals surface area contributed by atoms with E-state index < -0.39 is 0 Å². The van der Waals surface area contributed by atoms with E-state index in [-0.39, 0.29) is 5.91 Å². The summed E-state index contributed by atoms with van der Waals surface area (Å²) in [4.78, 5) is 16.9. The van der Waals surface area contributed by atoms with Gasteiger partial charge in [-0.25, -0.2) is 0 Å². The Morgan fingerprint density at radius 1 is 1.08 bits per heavy atom. The van der Waals surface area contributed by atoms with Crippen molar-refractivity contribution in [3.63, 3.8) is 0 Å². The molecule has 1 fully saturated rings. The minimum Gasteiger partial charge on any atom is -0.495 e. The second kappa shape index (κ2) is 8.92. The topological polar surface area (TPSA) is 44.8 Å². The Kier molecular flexibility index (Phi) is 6.36. The molecule has 1 aliphatic rings. The molecule has 1 N–H and O–H groups in total. The molecule has 0 bridgehead atoms. The third kappa shape index (κ3) is 4.90. The highest BCUT2D eigenvalue weighted by molar-refractivity contribution is 6.30. The molecule has 0 radical (unpaired) electrons. The number of carbonyl (C=O) groups excluding carboxylic acids is 1. The first-order valence-corrected chi connectivity index (χ1v) is 9.19. The van der Waals surface area contributed by atoms with Crippen molar-refractivity contribution < 1.29 is 9.53 Å². The van der Waals surface area contributed by atoms with E-state index in [0.717, 1.165) is 37.7 Å². The number of para-hydroxylation sites is 2. The minimum absolute atomic E-state index is 0.00892. The highest BCUT2D eigenvalue weighted by Gasteiger charge is 2.18. The lowest BCUT2D eigenvalue weighted by Gasteiger charge is -2.36. The van der Waals surface area contributed by atoms with Gasteiger partial charge in [0.2, 0.25) is 5.91 Å². The highest BCUT2D eigenvalue weighted by atomic mass is 35.5. The summed E-state index contributed by atoms with van der Waals surface area (Å²) >= 11 is 5.95. The van der Waals surface area contributed by atoms with Crippen LogP contribution in [0.5, 0.6) is 5.75 Å². The first-order valence-electron chi connectivity index (χ1n) is 8.81. The summed E-state index contributed by atoms with van der Waals surface area (Å²) in [5.41, 5.74) is 1.91. The molecule has 0 unspecified atom stereocenters. The molecule has 26 heavy (non-hydrogen) atoms. The van der Waals surface area contributed by atoms with Gasteiger partial charge in [-0.05, 0) is 36.4 Å². The normalized spacial score (nSPS) is 14.9. The Balaban J connectivity index is 1.43. The van der Waals surface area contributed by atoms with Crippen molar-refractivity contribution in [1.29, 1.82) is 0 Å². The first kappa shape index (κ1) is 18.5. The zero-order valence-corrected chi connectivity index (χ0v) is 15.7. The fraction of sp³-hybridized carbons (Fsp3) is 0.350. The molecule has 2 aromatic carbocycles. The number of piperazine rings is 1. The number of amides is 1. The zero-order valence-electron chi connectivity index (χ0n) is 15.0. The maximum atomic E-state index is 12.2. The van der Waals surface area contributed by atoms with Gasteiger partial charge in [0.1, 0.15) is 5.75 Å². The third-order valence-electron chi connectivity index (χ3n) is 4.60. The monoisotopic (exact) mass is 373 g/mol. The van der Waals surface area contributed by atoms with E-state index in [2.05, 4.69) is 27.2 Å². The van der Waals surface area contributed by atoms with Crippen molar-refractivity contribution in [3.05, 3.63) is 53.6 Å². The molecule has 0 atom stereocenters. The molecule has 0 saturated carbocycles. The Hall–Kier alpha value is -2.24. The fourth-order valence-corrected chi connectivity index (χ4v) is 3.23. The van der Waals surface area contributed by atoms with Gasteiger partial charge in [-0.15, -0.1) is 0 Å². The summed E-state index contributed by atoms with van der Waals surface area (Å²) in [6.07, 6.45) is 0.471. The molecule has 0 aromatic heterocycles. The number of methoxy groups -OCH3 is 1. The number of anilines is 2. The van der Waals surface area contributed by atoms with Gasteiger partial charge in [0.15, 0.2) is 0 Å². The lowest BCUT2D eigenvalue weighted by atomic mass is 10.2. The van der Waals surface area contributed by atoms with E-state index in [1.807, 2.05) is 36.4 Å². The van der Waals surface area contributed by atoms with Gasteiger partial charge in [-0.3, -0.25) is 9.69 Å². The number of nitrogens with zero attached hydrogens (tertiary/aromatic N) is 2. The van der Waals surface area contributed by atoms with Crippen LogP contribution in [0, 0.1) is 0 Å². The highest BCUT2D eigenvalue weighted by Crippen LogP contribution is 2.23. The van der Waals surface area contributed by atoms with E-state index in [4.69, 9.17) is 16.3 Å². The number of benzene rings is 2. The molecular formula is C20H24ClN3O2. The quantitative estimate of drug-likeness (QED) is 0.841. The largest absolute Gasteiger partial charge is 0.495 e. The van der Waals surface area contributed by atoms with Crippen LogP contribution in [0.3, 0.4) is 0 Å². The van der Waals surface area contributed by atoms with Crippen LogP contribution in [-0.2, 0) is 4.79 Å². The molecule has 2 aromatic rings. The van der Waals surface area contributed by atoms with Gasteiger partial charge in [0.05, 0.1) is 12.8 Å². The Morgan fingerprint density at radius 2 is 1.77 bits per heavy atom. The maximum Gasteiger partial charge on any atom is 0.225 e. The van der Waals surface area contributed by atoms with Gasteiger partial charge in [-0.2, -0.15) is 0 Å². The molecule has 1 aliphatic heterocycles. The zero-order chi connectivity index (χ0) is 18.4. The predicted molar refractivity (Wildman–Crippen MR) is 106 cm³/mol. The van der Waals surface area contributed by atoms with Gasteiger partial charge in [-0.1, -0.05) is 23.7 Å². The molecule has 5 nitrogen and oxygen atoms in total. The van der Waals surface area contributed by atoms with Crippen LogP contribution in [-0.4, -0.2) is 50.6 Å². The van der Waals surface area contributed by atoms with Crippen molar-refractivity contribution in [2.45, 2.75) is 6.42 Å². The van der Waals surface area contributed by atoms with Crippen LogP contribution in [0.4, 0.5) is 11.4 Å². The minimum atomic E-state index is 0.00892. The number of rotatable bonds is 6. The number of nitrogens with one attached hydrogen (secondary N) is 1. The SMILES string of the molecule is COc1ccccc1NC(=O)CCN1CCN(c2ccc(Cl)cc2)CC1. The molecular weight excluding hydrogens is 350 g/mol. The second-order valence-corrected chi connectivity index (χ2v) is 6.74. The molecule has 0 aliphatic carbocycles.